The fourth-order valence-corrected chi connectivity index (χ4v) is 2.78. The topological polar surface area (TPSA) is 33.6 Å². The van der Waals surface area contributed by atoms with Crippen molar-refractivity contribution in [3.63, 3.8) is 0 Å². The van der Waals surface area contributed by atoms with Crippen LogP contribution in [0.4, 0.5) is 0 Å². The summed E-state index contributed by atoms with van der Waals surface area (Å²) in [7, 11) is 0. The van der Waals surface area contributed by atoms with Crippen LogP contribution >= 0.6 is 12.2 Å². The summed E-state index contributed by atoms with van der Waals surface area (Å²) in [4.78, 5) is 0. The molecule has 0 saturated heterocycles. The van der Waals surface area contributed by atoms with Crippen LogP contribution < -0.4 is 0 Å². The Morgan fingerprint density at radius 2 is 2.00 bits per heavy atom. The van der Waals surface area contributed by atoms with Gasteiger partial charge in [-0.25, -0.2) is 0 Å². The smallest absolute Gasteiger partial charge is 0.195 e. The van der Waals surface area contributed by atoms with Crippen molar-refractivity contribution in [3.8, 4) is 0 Å². The van der Waals surface area contributed by atoms with Gasteiger partial charge in [-0.15, -0.1) is 0 Å². The number of rotatable bonds is 1. The van der Waals surface area contributed by atoms with Gasteiger partial charge in [0.05, 0.1) is 0 Å². The first-order valence-corrected chi connectivity index (χ1v) is 6.04. The average molecular weight is 225 g/mol. The Bertz CT molecular complexity index is 392. The largest absolute Gasteiger partial charge is 0.301 e. The van der Waals surface area contributed by atoms with Crippen LogP contribution in [0.1, 0.15) is 51.4 Å². The van der Waals surface area contributed by atoms with Crippen molar-refractivity contribution in [1.82, 2.24) is 14.8 Å². The predicted molar refractivity (Wildman–Crippen MR) is 63.4 cm³/mol. The second kappa shape index (κ2) is 3.74. The molecule has 1 N–H and O–H groups in total. The molecule has 0 aliphatic heterocycles. The van der Waals surface area contributed by atoms with E-state index in [0.29, 0.717) is 11.5 Å². The molecule has 0 atom stereocenters. The van der Waals surface area contributed by atoms with E-state index in [2.05, 4.69) is 28.6 Å². The Morgan fingerprint density at radius 3 is 2.47 bits per heavy atom. The zero-order chi connectivity index (χ0) is 11.1. The summed E-state index contributed by atoms with van der Waals surface area (Å²) >= 11 is 5.26. The maximum absolute atomic E-state index is 5.26. The molecular weight excluding hydrogens is 206 g/mol. The van der Waals surface area contributed by atoms with Gasteiger partial charge in [0.2, 0.25) is 0 Å². The summed E-state index contributed by atoms with van der Waals surface area (Å²) in [6, 6.07) is 0.560. The van der Waals surface area contributed by atoms with Crippen molar-refractivity contribution >= 4 is 12.2 Å². The number of hydrogen-bond acceptors (Lipinski definition) is 2. The van der Waals surface area contributed by atoms with Crippen molar-refractivity contribution in [1.29, 1.82) is 0 Å². The summed E-state index contributed by atoms with van der Waals surface area (Å²) in [6.45, 7) is 6.72. The molecule has 1 aliphatic rings. The normalized spacial score (nSPS) is 21.8. The first-order valence-electron chi connectivity index (χ1n) is 5.63. The summed E-state index contributed by atoms with van der Waals surface area (Å²) in [5.41, 5.74) is 0.510. The van der Waals surface area contributed by atoms with Crippen LogP contribution in [0.3, 0.4) is 0 Å². The lowest BCUT2D eigenvalue weighted by Crippen LogP contribution is -2.24. The van der Waals surface area contributed by atoms with Gasteiger partial charge in [-0.2, -0.15) is 5.10 Å². The molecule has 1 fully saturated rings. The molecule has 2 rings (SSSR count). The molecule has 1 aromatic heterocycles. The van der Waals surface area contributed by atoms with Crippen molar-refractivity contribution < 1.29 is 0 Å². The van der Waals surface area contributed by atoms with Gasteiger partial charge in [-0.1, -0.05) is 13.8 Å². The highest BCUT2D eigenvalue weighted by molar-refractivity contribution is 7.71. The number of aryl methyl sites for hydroxylation is 1. The predicted octanol–water partition coefficient (Wildman–Crippen LogP) is 3.39. The molecule has 0 amide bonds. The molecule has 0 aromatic carbocycles. The summed E-state index contributed by atoms with van der Waals surface area (Å²) < 4.78 is 2.96. The van der Waals surface area contributed by atoms with Gasteiger partial charge in [-0.05, 0) is 50.2 Å². The third kappa shape index (κ3) is 2.14. The standard InChI is InChI=1S/C11H19N3S/c1-8-12-13-10(15)14(8)9-4-6-11(2,3)7-5-9/h9H,4-7H2,1-3H3,(H,13,15). The minimum absolute atomic E-state index is 0.510. The average Bonchev–Trinajstić information content (AvgIpc) is 2.48. The van der Waals surface area contributed by atoms with Crippen molar-refractivity contribution in [2.75, 3.05) is 0 Å². The van der Waals surface area contributed by atoms with E-state index in [1.807, 2.05) is 6.92 Å². The van der Waals surface area contributed by atoms with Gasteiger partial charge < -0.3 is 4.57 Å². The Hall–Kier alpha value is -0.640. The van der Waals surface area contributed by atoms with Gasteiger partial charge in [0.15, 0.2) is 4.77 Å². The van der Waals surface area contributed by atoms with Crippen LogP contribution in [0.25, 0.3) is 0 Å². The Morgan fingerprint density at radius 1 is 1.40 bits per heavy atom. The van der Waals surface area contributed by atoms with Crippen LogP contribution in [-0.4, -0.2) is 14.8 Å². The quantitative estimate of drug-likeness (QED) is 0.743. The molecular formula is C11H19N3S. The minimum atomic E-state index is 0.510. The van der Waals surface area contributed by atoms with Gasteiger partial charge in [0, 0.05) is 6.04 Å². The molecule has 0 radical (unpaired) electrons. The summed E-state index contributed by atoms with van der Waals surface area (Å²) in [5.74, 6) is 1.02. The molecule has 4 heteroatoms. The number of hydrogen-bond donors (Lipinski definition) is 1. The highest BCUT2D eigenvalue weighted by atomic mass is 32.1. The summed E-state index contributed by atoms with van der Waals surface area (Å²) in [5, 5.41) is 7.04. The number of nitrogens with one attached hydrogen (secondary N) is 1. The van der Waals surface area contributed by atoms with E-state index < -0.39 is 0 Å². The van der Waals surface area contributed by atoms with Gasteiger partial charge in [0.1, 0.15) is 5.82 Å². The zero-order valence-corrected chi connectivity index (χ0v) is 10.5. The molecule has 0 unspecified atom stereocenters. The third-order valence-electron chi connectivity index (χ3n) is 3.55. The molecule has 84 valence electrons. The second-order valence-electron chi connectivity index (χ2n) is 5.34. The molecule has 1 aromatic rings. The number of H-pyrrole nitrogens is 1. The van der Waals surface area contributed by atoms with Crippen LogP contribution in [0.2, 0.25) is 0 Å². The van der Waals surface area contributed by atoms with Crippen LogP contribution in [0, 0.1) is 17.1 Å². The number of aromatic nitrogens is 3. The number of aromatic amines is 1. The van der Waals surface area contributed by atoms with E-state index in [1.165, 1.54) is 25.7 Å². The van der Waals surface area contributed by atoms with Crippen LogP contribution in [-0.2, 0) is 0 Å². The van der Waals surface area contributed by atoms with E-state index in [9.17, 15) is 0 Å². The molecule has 1 aliphatic carbocycles. The van der Waals surface area contributed by atoms with Crippen LogP contribution in [0.5, 0.6) is 0 Å². The lowest BCUT2D eigenvalue weighted by Gasteiger charge is -2.34. The highest BCUT2D eigenvalue weighted by Gasteiger charge is 2.28. The van der Waals surface area contributed by atoms with Gasteiger partial charge >= 0.3 is 0 Å². The van der Waals surface area contributed by atoms with E-state index >= 15 is 0 Å². The number of nitrogens with zero attached hydrogens (tertiary/aromatic N) is 2. The lowest BCUT2D eigenvalue weighted by atomic mass is 9.75. The first kappa shape index (κ1) is 10.9. The van der Waals surface area contributed by atoms with Crippen molar-refractivity contribution in [3.05, 3.63) is 10.6 Å². The second-order valence-corrected chi connectivity index (χ2v) is 5.73. The third-order valence-corrected chi connectivity index (χ3v) is 3.84. The minimum Gasteiger partial charge on any atom is -0.301 e. The first-order chi connectivity index (χ1) is 6.99. The highest BCUT2D eigenvalue weighted by Crippen LogP contribution is 2.40. The van der Waals surface area contributed by atoms with Gasteiger partial charge in [-0.3, -0.25) is 5.10 Å². The van der Waals surface area contributed by atoms with Crippen molar-refractivity contribution in [2.24, 2.45) is 5.41 Å². The molecule has 15 heavy (non-hydrogen) atoms. The fraction of sp³-hybridized carbons (Fsp3) is 0.818. The zero-order valence-electron chi connectivity index (χ0n) is 9.71. The molecule has 1 heterocycles. The maximum atomic E-state index is 5.26. The van der Waals surface area contributed by atoms with Gasteiger partial charge in [0.25, 0.3) is 0 Å². The monoisotopic (exact) mass is 225 g/mol. The molecule has 1 saturated carbocycles. The van der Waals surface area contributed by atoms with E-state index in [-0.39, 0.29) is 0 Å². The Balaban J connectivity index is 2.18. The van der Waals surface area contributed by atoms with Crippen molar-refractivity contribution in [2.45, 2.75) is 52.5 Å². The van der Waals surface area contributed by atoms with E-state index in [1.54, 1.807) is 0 Å². The Labute approximate surface area is 95.9 Å². The molecule has 0 bridgehead atoms. The molecule has 3 nitrogen and oxygen atoms in total. The SMILES string of the molecule is Cc1n[nH]c(=S)n1C1CCC(C)(C)CC1. The van der Waals surface area contributed by atoms with Crippen LogP contribution in [0.15, 0.2) is 0 Å². The lowest BCUT2D eigenvalue weighted by molar-refractivity contribution is 0.191. The maximum Gasteiger partial charge on any atom is 0.195 e. The van der Waals surface area contributed by atoms with E-state index in [4.69, 9.17) is 12.2 Å². The van der Waals surface area contributed by atoms with E-state index in [0.717, 1.165) is 10.6 Å². The summed E-state index contributed by atoms with van der Waals surface area (Å²) in [6.07, 6.45) is 5.01. The Kier molecular flexibility index (Phi) is 2.71. The molecule has 0 spiro atoms. The fourth-order valence-electron chi connectivity index (χ4n) is 2.46.